The number of hydrogen-bond acceptors (Lipinski definition) is 4. The lowest BCUT2D eigenvalue weighted by Gasteiger charge is -2.33. The van der Waals surface area contributed by atoms with E-state index in [1.807, 2.05) is 31.2 Å². The molecule has 29 heavy (non-hydrogen) atoms. The van der Waals surface area contributed by atoms with Crippen LogP contribution in [0.15, 0.2) is 53.1 Å². The van der Waals surface area contributed by atoms with Crippen LogP contribution in [0.4, 0.5) is 4.39 Å². The Labute approximate surface area is 169 Å². The summed E-state index contributed by atoms with van der Waals surface area (Å²) in [6.07, 6.45) is 5.28. The van der Waals surface area contributed by atoms with Crippen LogP contribution in [0, 0.1) is 12.7 Å². The van der Waals surface area contributed by atoms with Gasteiger partial charge in [-0.25, -0.2) is 4.39 Å². The number of rotatable bonds is 5. The quantitative estimate of drug-likeness (QED) is 0.601. The molecule has 1 saturated carbocycles. The minimum absolute atomic E-state index is 0.121. The highest BCUT2D eigenvalue weighted by molar-refractivity contribution is 5.94. The van der Waals surface area contributed by atoms with Crippen molar-refractivity contribution in [3.8, 4) is 11.4 Å². The molecule has 0 saturated heterocycles. The molecule has 1 aromatic heterocycles. The summed E-state index contributed by atoms with van der Waals surface area (Å²) in [7, 11) is 0. The van der Waals surface area contributed by atoms with E-state index in [-0.39, 0.29) is 24.3 Å². The normalized spacial score (nSPS) is 14.7. The first-order chi connectivity index (χ1) is 14.1. The number of benzene rings is 2. The molecule has 0 aliphatic heterocycles. The summed E-state index contributed by atoms with van der Waals surface area (Å²) < 4.78 is 18.8. The van der Waals surface area contributed by atoms with Crippen molar-refractivity contribution in [2.75, 3.05) is 0 Å². The molecule has 0 atom stereocenters. The molecular formula is C23H24FN3O2. The van der Waals surface area contributed by atoms with E-state index in [2.05, 4.69) is 10.1 Å². The summed E-state index contributed by atoms with van der Waals surface area (Å²) >= 11 is 0. The molecule has 0 spiro atoms. The third-order valence-electron chi connectivity index (χ3n) is 5.42. The summed E-state index contributed by atoms with van der Waals surface area (Å²) in [6, 6.07) is 13.7. The second-order valence-electron chi connectivity index (χ2n) is 7.61. The molecule has 3 aromatic rings. The molecule has 1 amide bonds. The lowest BCUT2D eigenvalue weighted by molar-refractivity contribution is 0.0586. The van der Waals surface area contributed by atoms with Gasteiger partial charge in [0.15, 0.2) is 0 Å². The van der Waals surface area contributed by atoms with Crippen molar-refractivity contribution in [1.29, 1.82) is 0 Å². The summed E-state index contributed by atoms with van der Waals surface area (Å²) in [5.41, 5.74) is 2.47. The van der Waals surface area contributed by atoms with Gasteiger partial charge < -0.3 is 9.42 Å². The van der Waals surface area contributed by atoms with Crippen LogP contribution in [-0.4, -0.2) is 27.0 Å². The van der Waals surface area contributed by atoms with E-state index >= 15 is 0 Å². The number of aromatic nitrogens is 2. The summed E-state index contributed by atoms with van der Waals surface area (Å²) in [5, 5.41) is 4.10. The highest BCUT2D eigenvalue weighted by atomic mass is 19.1. The fraction of sp³-hybridized carbons (Fsp3) is 0.348. The van der Waals surface area contributed by atoms with E-state index in [1.54, 1.807) is 4.90 Å². The van der Waals surface area contributed by atoms with Crippen LogP contribution in [-0.2, 0) is 6.54 Å². The summed E-state index contributed by atoms with van der Waals surface area (Å²) in [5.74, 6) is 0.432. The van der Waals surface area contributed by atoms with Crippen LogP contribution in [0.2, 0.25) is 0 Å². The fourth-order valence-electron chi connectivity index (χ4n) is 3.88. The molecule has 0 bridgehead atoms. The summed E-state index contributed by atoms with van der Waals surface area (Å²) in [4.78, 5) is 19.5. The number of nitrogens with zero attached hydrogens (tertiary/aromatic N) is 3. The molecule has 1 heterocycles. The molecule has 6 heteroatoms. The van der Waals surface area contributed by atoms with Gasteiger partial charge in [-0.1, -0.05) is 48.2 Å². The largest absolute Gasteiger partial charge is 0.337 e. The number of amides is 1. The first kappa shape index (κ1) is 19.3. The van der Waals surface area contributed by atoms with E-state index in [0.717, 1.165) is 36.8 Å². The molecule has 0 unspecified atom stereocenters. The smallest absolute Gasteiger partial charge is 0.254 e. The first-order valence-electron chi connectivity index (χ1n) is 10.1. The molecule has 2 aromatic carbocycles. The maximum absolute atomic E-state index is 13.3. The fourth-order valence-corrected chi connectivity index (χ4v) is 3.88. The predicted octanol–water partition coefficient (Wildman–Crippen LogP) is 5.16. The third-order valence-corrected chi connectivity index (χ3v) is 5.42. The van der Waals surface area contributed by atoms with Gasteiger partial charge in [-0.3, -0.25) is 4.79 Å². The number of carbonyl (C=O) groups is 1. The Morgan fingerprint density at radius 3 is 2.62 bits per heavy atom. The highest BCUT2D eigenvalue weighted by Crippen LogP contribution is 2.26. The van der Waals surface area contributed by atoms with Gasteiger partial charge in [-0.05, 0) is 50.1 Å². The van der Waals surface area contributed by atoms with Crippen molar-refractivity contribution in [2.24, 2.45) is 0 Å². The van der Waals surface area contributed by atoms with Gasteiger partial charge in [-0.15, -0.1) is 0 Å². The van der Waals surface area contributed by atoms with Gasteiger partial charge >= 0.3 is 0 Å². The Kier molecular flexibility index (Phi) is 5.69. The van der Waals surface area contributed by atoms with E-state index in [0.29, 0.717) is 17.3 Å². The second kappa shape index (κ2) is 8.55. The van der Waals surface area contributed by atoms with Crippen molar-refractivity contribution >= 4 is 5.91 Å². The number of halogens is 1. The van der Waals surface area contributed by atoms with Gasteiger partial charge in [0.2, 0.25) is 11.7 Å². The van der Waals surface area contributed by atoms with E-state index < -0.39 is 0 Å². The zero-order valence-corrected chi connectivity index (χ0v) is 16.5. The molecule has 1 fully saturated rings. The molecular weight excluding hydrogens is 369 g/mol. The minimum Gasteiger partial charge on any atom is -0.337 e. The van der Waals surface area contributed by atoms with Crippen LogP contribution >= 0.6 is 0 Å². The number of aryl methyl sites for hydroxylation is 1. The van der Waals surface area contributed by atoms with E-state index in [4.69, 9.17) is 4.52 Å². The van der Waals surface area contributed by atoms with Crippen molar-refractivity contribution in [1.82, 2.24) is 15.0 Å². The van der Waals surface area contributed by atoms with Gasteiger partial charge in [0, 0.05) is 17.2 Å². The molecule has 5 nitrogen and oxygen atoms in total. The number of hydrogen-bond donors (Lipinski definition) is 0. The van der Waals surface area contributed by atoms with Gasteiger partial charge in [0.1, 0.15) is 12.4 Å². The first-order valence-corrected chi connectivity index (χ1v) is 10.1. The maximum Gasteiger partial charge on any atom is 0.254 e. The minimum atomic E-state index is -0.356. The molecule has 4 rings (SSSR count). The molecule has 1 aliphatic rings. The lowest BCUT2D eigenvalue weighted by Crippen LogP contribution is -2.41. The monoisotopic (exact) mass is 393 g/mol. The van der Waals surface area contributed by atoms with Gasteiger partial charge in [0.25, 0.3) is 5.91 Å². The Morgan fingerprint density at radius 2 is 1.90 bits per heavy atom. The molecule has 0 N–H and O–H groups in total. The van der Waals surface area contributed by atoms with Crippen LogP contribution in [0.1, 0.15) is 53.9 Å². The van der Waals surface area contributed by atoms with E-state index in [1.165, 1.54) is 30.7 Å². The molecule has 1 aliphatic carbocycles. The predicted molar refractivity (Wildman–Crippen MR) is 108 cm³/mol. The van der Waals surface area contributed by atoms with Crippen LogP contribution < -0.4 is 0 Å². The zero-order chi connectivity index (χ0) is 20.2. The van der Waals surface area contributed by atoms with Crippen molar-refractivity contribution < 1.29 is 13.7 Å². The lowest BCUT2D eigenvalue weighted by atomic mass is 9.93. The van der Waals surface area contributed by atoms with Gasteiger partial charge in [-0.2, -0.15) is 4.98 Å². The third kappa shape index (κ3) is 4.53. The Balaban J connectivity index is 1.58. The van der Waals surface area contributed by atoms with E-state index in [9.17, 15) is 9.18 Å². The van der Waals surface area contributed by atoms with Crippen molar-refractivity contribution in [2.45, 2.75) is 51.6 Å². The average molecular weight is 393 g/mol. The topological polar surface area (TPSA) is 59.2 Å². The average Bonchev–Trinajstić information content (AvgIpc) is 3.21. The summed E-state index contributed by atoms with van der Waals surface area (Å²) in [6.45, 7) is 2.26. The van der Waals surface area contributed by atoms with Crippen LogP contribution in [0.3, 0.4) is 0 Å². The van der Waals surface area contributed by atoms with Crippen molar-refractivity contribution in [3.05, 3.63) is 71.4 Å². The molecule has 150 valence electrons. The standard InChI is InChI=1S/C23H24FN3O2/c1-16-6-5-7-18(14-16)22-25-21(29-26-22)15-27(20-8-3-2-4-9-20)23(28)17-10-12-19(24)13-11-17/h5-7,10-14,20H,2-4,8-9,15H2,1H3. The zero-order valence-electron chi connectivity index (χ0n) is 16.5. The number of carbonyl (C=O) groups excluding carboxylic acids is 1. The Hall–Kier alpha value is -3.02. The van der Waals surface area contributed by atoms with Crippen LogP contribution in [0.25, 0.3) is 11.4 Å². The molecule has 0 radical (unpaired) electrons. The second-order valence-corrected chi connectivity index (χ2v) is 7.61. The highest BCUT2D eigenvalue weighted by Gasteiger charge is 2.28. The van der Waals surface area contributed by atoms with Crippen molar-refractivity contribution in [3.63, 3.8) is 0 Å². The SMILES string of the molecule is Cc1cccc(-c2noc(CN(C(=O)c3ccc(F)cc3)C3CCCCC3)n2)c1. The van der Waals surface area contributed by atoms with Gasteiger partial charge in [0.05, 0.1) is 0 Å². The van der Waals surface area contributed by atoms with Crippen LogP contribution in [0.5, 0.6) is 0 Å². The Morgan fingerprint density at radius 1 is 1.14 bits per heavy atom. The maximum atomic E-state index is 13.3. The Bertz CT molecular complexity index is 978.